The largest absolute Gasteiger partial charge is 0.379 e. The number of ether oxygens (including phenoxy) is 1. The molecular weight excluding hydrogens is 402 g/mol. The molecule has 2 aliphatic heterocycles. The molecule has 2 heterocycles. The second-order valence-corrected chi connectivity index (χ2v) is 10.5. The summed E-state index contributed by atoms with van der Waals surface area (Å²) in [5.74, 6) is 0.370. The molecule has 1 aromatic carbocycles. The fourth-order valence-corrected chi connectivity index (χ4v) is 5.37. The van der Waals surface area contributed by atoms with E-state index < -0.39 is 10.0 Å². The normalized spacial score (nSPS) is 19.0. The van der Waals surface area contributed by atoms with E-state index in [0.29, 0.717) is 44.3 Å². The molecule has 2 saturated heterocycles. The molecule has 1 aromatic rings. The summed E-state index contributed by atoms with van der Waals surface area (Å²) < 4.78 is 33.0. The van der Waals surface area contributed by atoms with Gasteiger partial charge in [0.15, 0.2) is 0 Å². The lowest BCUT2D eigenvalue weighted by Crippen LogP contribution is -2.40. The standard InChI is InChI=1S/C22H35N3O4S/c1-18(2)7-10-22(26)23-20-17-19(30(27,28)25-13-15-29-16-14-25)8-9-21(20)24-11-5-3-4-6-12-24/h8-9,17-18H,3-7,10-16H2,1-2H3,(H,23,26). The molecule has 0 spiro atoms. The van der Waals surface area contributed by atoms with Crippen LogP contribution in [-0.4, -0.2) is 58.0 Å². The number of morpholine rings is 1. The molecule has 0 aromatic heterocycles. The number of nitrogens with zero attached hydrogens (tertiary/aromatic N) is 2. The van der Waals surface area contributed by atoms with E-state index in [1.165, 1.54) is 17.1 Å². The molecule has 3 rings (SSSR count). The minimum atomic E-state index is -3.62. The van der Waals surface area contributed by atoms with Gasteiger partial charge in [-0.05, 0) is 43.4 Å². The van der Waals surface area contributed by atoms with E-state index in [-0.39, 0.29) is 10.8 Å². The highest BCUT2D eigenvalue weighted by molar-refractivity contribution is 7.89. The average Bonchev–Trinajstić information content (AvgIpc) is 3.02. The first-order valence-corrected chi connectivity index (χ1v) is 12.6. The van der Waals surface area contributed by atoms with Crippen molar-refractivity contribution in [1.29, 1.82) is 0 Å². The first kappa shape index (κ1) is 23.0. The van der Waals surface area contributed by atoms with Crippen molar-refractivity contribution < 1.29 is 17.9 Å². The minimum absolute atomic E-state index is 0.0688. The molecule has 1 N–H and O–H groups in total. The maximum Gasteiger partial charge on any atom is 0.243 e. The molecule has 30 heavy (non-hydrogen) atoms. The molecule has 0 saturated carbocycles. The van der Waals surface area contributed by atoms with E-state index in [4.69, 9.17) is 4.74 Å². The molecule has 0 bridgehead atoms. The molecule has 2 fully saturated rings. The van der Waals surface area contributed by atoms with E-state index >= 15 is 0 Å². The first-order valence-electron chi connectivity index (χ1n) is 11.1. The Morgan fingerprint density at radius 2 is 1.73 bits per heavy atom. The summed E-state index contributed by atoms with van der Waals surface area (Å²) in [6, 6.07) is 5.17. The summed E-state index contributed by atoms with van der Waals surface area (Å²) >= 11 is 0. The molecule has 2 aliphatic rings. The van der Waals surface area contributed by atoms with Crippen LogP contribution in [0.3, 0.4) is 0 Å². The molecule has 0 atom stereocenters. The van der Waals surface area contributed by atoms with Gasteiger partial charge in [0.2, 0.25) is 15.9 Å². The van der Waals surface area contributed by atoms with Crippen LogP contribution in [0.1, 0.15) is 52.4 Å². The van der Waals surface area contributed by atoms with Gasteiger partial charge in [0, 0.05) is 32.6 Å². The third kappa shape index (κ3) is 5.95. The summed E-state index contributed by atoms with van der Waals surface area (Å²) in [5, 5.41) is 3.01. The van der Waals surface area contributed by atoms with Crippen molar-refractivity contribution >= 4 is 27.3 Å². The number of carbonyl (C=O) groups is 1. The average molecular weight is 438 g/mol. The minimum Gasteiger partial charge on any atom is -0.379 e. The SMILES string of the molecule is CC(C)CCC(=O)Nc1cc(S(=O)(=O)N2CCOCC2)ccc1N1CCCCCC1. The van der Waals surface area contributed by atoms with Gasteiger partial charge in [-0.1, -0.05) is 26.7 Å². The highest BCUT2D eigenvalue weighted by Gasteiger charge is 2.28. The van der Waals surface area contributed by atoms with Crippen molar-refractivity contribution in [1.82, 2.24) is 4.31 Å². The molecule has 1 amide bonds. The van der Waals surface area contributed by atoms with Crippen LogP contribution in [-0.2, 0) is 19.6 Å². The summed E-state index contributed by atoms with van der Waals surface area (Å²) in [4.78, 5) is 15.1. The van der Waals surface area contributed by atoms with Gasteiger partial charge in [-0.15, -0.1) is 0 Å². The molecule has 8 heteroatoms. The molecule has 0 unspecified atom stereocenters. The maximum absolute atomic E-state index is 13.1. The van der Waals surface area contributed by atoms with Crippen LogP contribution in [0.5, 0.6) is 0 Å². The monoisotopic (exact) mass is 437 g/mol. The van der Waals surface area contributed by atoms with Gasteiger partial charge in [-0.3, -0.25) is 4.79 Å². The number of sulfonamides is 1. The van der Waals surface area contributed by atoms with E-state index in [9.17, 15) is 13.2 Å². The van der Waals surface area contributed by atoms with Crippen molar-refractivity contribution in [3.8, 4) is 0 Å². The molecule has 7 nitrogen and oxygen atoms in total. The van der Waals surface area contributed by atoms with Crippen LogP contribution in [0.15, 0.2) is 23.1 Å². The van der Waals surface area contributed by atoms with Gasteiger partial charge < -0.3 is 15.0 Å². The lowest BCUT2D eigenvalue weighted by atomic mass is 10.1. The van der Waals surface area contributed by atoms with Gasteiger partial charge in [0.05, 0.1) is 29.5 Å². The zero-order valence-corrected chi connectivity index (χ0v) is 19.0. The van der Waals surface area contributed by atoms with Crippen molar-refractivity contribution in [3.05, 3.63) is 18.2 Å². The quantitative estimate of drug-likeness (QED) is 0.707. The van der Waals surface area contributed by atoms with E-state index in [0.717, 1.165) is 38.0 Å². The third-order valence-electron chi connectivity index (χ3n) is 5.75. The fourth-order valence-electron chi connectivity index (χ4n) is 3.93. The smallest absolute Gasteiger partial charge is 0.243 e. The summed E-state index contributed by atoms with van der Waals surface area (Å²) in [7, 11) is -3.62. The topological polar surface area (TPSA) is 79.0 Å². The Labute approximate surface area is 180 Å². The number of rotatable bonds is 7. The van der Waals surface area contributed by atoms with E-state index in [2.05, 4.69) is 24.1 Å². The van der Waals surface area contributed by atoms with Crippen LogP contribution in [0.25, 0.3) is 0 Å². The van der Waals surface area contributed by atoms with Crippen molar-refractivity contribution in [2.45, 2.75) is 57.3 Å². The highest BCUT2D eigenvalue weighted by Crippen LogP contribution is 2.32. The Morgan fingerprint density at radius 3 is 2.37 bits per heavy atom. The lowest BCUT2D eigenvalue weighted by molar-refractivity contribution is -0.116. The summed E-state index contributed by atoms with van der Waals surface area (Å²) in [5.41, 5.74) is 1.51. The number of nitrogens with one attached hydrogen (secondary N) is 1. The Kier molecular flexibility index (Phi) is 8.13. The summed E-state index contributed by atoms with van der Waals surface area (Å²) in [6.07, 6.45) is 5.85. The van der Waals surface area contributed by atoms with Crippen molar-refractivity contribution in [3.63, 3.8) is 0 Å². The van der Waals surface area contributed by atoms with Gasteiger partial charge in [-0.25, -0.2) is 8.42 Å². The van der Waals surface area contributed by atoms with Crippen molar-refractivity contribution in [2.75, 3.05) is 49.6 Å². The highest BCUT2D eigenvalue weighted by atomic mass is 32.2. The second kappa shape index (κ2) is 10.6. The van der Waals surface area contributed by atoms with Gasteiger partial charge in [-0.2, -0.15) is 4.31 Å². The lowest BCUT2D eigenvalue weighted by Gasteiger charge is -2.28. The number of amides is 1. The Hall–Kier alpha value is -1.64. The Bertz CT molecular complexity index is 812. The molecule has 168 valence electrons. The predicted molar refractivity (Wildman–Crippen MR) is 119 cm³/mol. The van der Waals surface area contributed by atoms with E-state index in [1.807, 2.05) is 6.07 Å². The number of carbonyl (C=O) groups excluding carboxylic acids is 1. The second-order valence-electron chi connectivity index (χ2n) is 8.58. The molecule has 0 aliphatic carbocycles. The van der Waals surface area contributed by atoms with Crippen LogP contribution >= 0.6 is 0 Å². The Balaban J connectivity index is 1.89. The molecule has 0 radical (unpaired) electrons. The zero-order valence-electron chi connectivity index (χ0n) is 18.2. The van der Waals surface area contributed by atoms with Crippen LogP contribution in [0, 0.1) is 5.92 Å². The Morgan fingerprint density at radius 1 is 1.07 bits per heavy atom. The first-order chi connectivity index (χ1) is 14.4. The number of hydrogen-bond donors (Lipinski definition) is 1. The van der Waals surface area contributed by atoms with Gasteiger partial charge in [0.25, 0.3) is 0 Å². The third-order valence-corrected chi connectivity index (χ3v) is 7.64. The fraction of sp³-hybridized carbons (Fsp3) is 0.682. The van der Waals surface area contributed by atoms with Gasteiger partial charge in [0.1, 0.15) is 0 Å². The predicted octanol–water partition coefficient (Wildman–Crippen LogP) is 3.46. The molecular formula is C22H35N3O4S. The number of anilines is 2. The summed E-state index contributed by atoms with van der Waals surface area (Å²) in [6.45, 7) is 7.54. The zero-order chi connectivity index (χ0) is 21.6. The maximum atomic E-state index is 13.1. The van der Waals surface area contributed by atoms with Crippen LogP contribution in [0.2, 0.25) is 0 Å². The number of hydrogen-bond acceptors (Lipinski definition) is 5. The van der Waals surface area contributed by atoms with E-state index in [1.54, 1.807) is 12.1 Å². The van der Waals surface area contributed by atoms with Gasteiger partial charge >= 0.3 is 0 Å². The van der Waals surface area contributed by atoms with Crippen LogP contribution in [0.4, 0.5) is 11.4 Å². The van der Waals surface area contributed by atoms with Crippen LogP contribution < -0.4 is 10.2 Å². The van der Waals surface area contributed by atoms with Crippen molar-refractivity contribution in [2.24, 2.45) is 5.92 Å². The number of benzene rings is 1.